The predicted octanol–water partition coefficient (Wildman–Crippen LogP) is 3.95. The SMILES string of the molecule is CCC1CCCC(OCc2ccc(F)cc2C(N)=S)C1. The molecule has 0 amide bonds. The highest BCUT2D eigenvalue weighted by molar-refractivity contribution is 7.80. The maximum atomic E-state index is 13.2. The van der Waals surface area contributed by atoms with Crippen molar-refractivity contribution in [2.75, 3.05) is 0 Å². The molecule has 1 aliphatic rings. The third-order valence-electron chi connectivity index (χ3n) is 4.12. The zero-order valence-corrected chi connectivity index (χ0v) is 12.7. The number of hydrogen-bond acceptors (Lipinski definition) is 2. The first-order chi connectivity index (χ1) is 9.60. The van der Waals surface area contributed by atoms with Crippen LogP contribution in [0.1, 0.15) is 50.2 Å². The van der Waals surface area contributed by atoms with Crippen LogP contribution in [0.5, 0.6) is 0 Å². The van der Waals surface area contributed by atoms with Gasteiger partial charge in [0.05, 0.1) is 12.7 Å². The Hall–Kier alpha value is -1.00. The van der Waals surface area contributed by atoms with Crippen LogP contribution >= 0.6 is 12.2 Å². The average molecular weight is 295 g/mol. The predicted molar refractivity (Wildman–Crippen MR) is 83.1 cm³/mol. The van der Waals surface area contributed by atoms with Crippen molar-refractivity contribution in [1.82, 2.24) is 0 Å². The van der Waals surface area contributed by atoms with Crippen LogP contribution < -0.4 is 5.73 Å². The van der Waals surface area contributed by atoms with E-state index in [0.29, 0.717) is 18.3 Å². The molecule has 0 spiro atoms. The first-order valence-electron chi connectivity index (χ1n) is 7.30. The van der Waals surface area contributed by atoms with Gasteiger partial charge in [-0.2, -0.15) is 0 Å². The largest absolute Gasteiger partial charge is 0.389 e. The minimum Gasteiger partial charge on any atom is -0.389 e. The second kappa shape index (κ2) is 7.14. The second-order valence-corrected chi connectivity index (χ2v) is 5.98. The second-order valence-electron chi connectivity index (χ2n) is 5.54. The zero-order valence-electron chi connectivity index (χ0n) is 11.9. The summed E-state index contributed by atoms with van der Waals surface area (Å²) in [7, 11) is 0. The Labute approximate surface area is 125 Å². The van der Waals surface area contributed by atoms with E-state index in [0.717, 1.165) is 24.3 Å². The average Bonchev–Trinajstić information content (AvgIpc) is 2.46. The van der Waals surface area contributed by atoms with Crippen LogP contribution in [-0.4, -0.2) is 11.1 Å². The number of ether oxygens (including phenoxy) is 1. The third kappa shape index (κ3) is 4.00. The van der Waals surface area contributed by atoms with Gasteiger partial charge in [0.1, 0.15) is 10.8 Å². The number of rotatable bonds is 5. The van der Waals surface area contributed by atoms with Gasteiger partial charge in [-0.1, -0.05) is 44.5 Å². The van der Waals surface area contributed by atoms with Crippen molar-refractivity contribution in [3.63, 3.8) is 0 Å². The first-order valence-corrected chi connectivity index (χ1v) is 7.70. The Balaban J connectivity index is 1.98. The summed E-state index contributed by atoms with van der Waals surface area (Å²) in [5, 5.41) is 0. The highest BCUT2D eigenvalue weighted by atomic mass is 32.1. The van der Waals surface area contributed by atoms with Crippen LogP contribution in [0.25, 0.3) is 0 Å². The van der Waals surface area contributed by atoms with E-state index < -0.39 is 0 Å². The van der Waals surface area contributed by atoms with E-state index in [-0.39, 0.29) is 10.8 Å². The van der Waals surface area contributed by atoms with Gasteiger partial charge in [0.2, 0.25) is 0 Å². The van der Waals surface area contributed by atoms with Crippen LogP contribution in [-0.2, 0) is 11.3 Å². The lowest BCUT2D eigenvalue weighted by molar-refractivity contribution is 0.00171. The van der Waals surface area contributed by atoms with E-state index in [2.05, 4.69) is 6.92 Å². The lowest BCUT2D eigenvalue weighted by atomic mass is 9.85. The van der Waals surface area contributed by atoms with Crippen LogP contribution in [0.3, 0.4) is 0 Å². The summed E-state index contributed by atoms with van der Waals surface area (Å²) in [5.41, 5.74) is 7.10. The molecule has 4 heteroatoms. The molecule has 1 aliphatic carbocycles. The molecule has 0 radical (unpaired) electrons. The molecule has 0 aliphatic heterocycles. The van der Waals surface area contributed by atoms with E-state index in [4.69, 9.17) is 22.7 Å². The van der Waals surface area contributed by atoms with Crippen molar-refractivity contribution in [1.29, 1.82) is 0 Å². The standard InChI is InChI=1S/C16H22FNOS/c1-2-11-4-3-5-14(8-11)19-10-12-6-7-13(17)9-15(12)16(18)20/h6-7,9,11,14H,2-5,8,10H2,1H3,(H2,18,20). The van der Waals surface area contributed by atoms with Gasteiger partial charge < -0.3 is 10.5 Å². The molecule has 20 heavy (non-hydrogen) atoms. The first kappa shape index (κ1) is 15.4. The maximum absolute atomic E-state index is 13.2. The van der Waals surface area contributed by atoms with Gasteiger partial charge in [-0.25, -0.2) is 4.39 Å². The van der Waals surface area contributed by atoms with E-state index >= 15 is 0 Å². The summed E-state index contributed by atoms with van der Waals surface area (Å²) in [6.07, 6.45) is 6.30. The number of hydrogen-bond donors (Lipinski definition) is 1. The third-order valence-corrected chi connectivity index (χ3v) is 4.34. The summed E-state index contributed by atoms with van der Waals surface area (Å²) < 4.78 is 19.2. The number of thiocarbonyl (C=S) groups is 1. The molecule has 2 unspecified atom stereocenters. The van der Waals surface area contributed by atoms with Gasteiger partial charge in [-0.05, 0) is 36.5 Å². The van der Waals surface area contributed by atoms with Crippen molar-refractivity contribution in [2.24, 2.45) is 11.7 Å². The number of halogens is 1. The zero-order chi connectivity index (χ0) is 14.5. The minimum absolute atomic E-state index is 0.221. The molecule has 2 nitrogen and oxygen atoms in total. The monoisotopic (exact) mass is 295 g/mol. The van der Waals surface area contributed by atoms with Crippen molar-refractivity contribution in [3.05, 3.63) is 35.1 Å². The van der Waals surface area contributed by atoms with Crippen LogP contribution in [0.2, 0.25) is 0 Å². The molecule has 1 aromatic rings. The van der Waals surface area contributed by atoms with Gasteiger partial charge in [0.25, 0.3) is 0 Å². The van der Waals surface area contributed by atoms with E-state index in [9.17, 15) is 4.39 Å². The Bertz CT molecular complexity index is 478. The lowest BCUT2D eigenvalue weighted by Crippen LogP contribution is -2.23. The summed E-state index contributed by atoms with van der Waals surface area (Å²) in [6.45, 7) is 2.69. The summed E-state index contributed by atoms with van der Waals surface area (Å²) in [6, 6.07) is 4.52. The summed E-state index contributed by atoms with van der Waals surface area (Å²) in [4.78, 5) is 0.221. The number of nitrogens with two attached hydrogens (primary N) is 1. The van der Waals surface area contributed by atoms with Crippen molar-refractivity contribution in [3.8, 4) is 0 Å². The molecular formula is C16H22FNOS. The highest BCUT2D eigenvalue weighted by Crippen LogP contribution is 2.29. The molecular weight excluding hydrogens is 273 g/mol. The van der Waals surface area contributed by atoms with Gasteiger partial charge >= 0.3 is 0 Å². The van der Waals surface area contributed by atoms with Crippen molar-refractivity contribution < 1.29 is 9.13 Å². The van der Waals surface area contributed by atoms with Crippen molar-refractivity contribution >= 4 is 17.2 Å². The molecule has 110 valence electrons. The minimum atomic E-state index is -0.319. The van der Waals surface area contributed by atoms with Gasteiger partial charge in [0.15, 0.2) is 0 Å². The van der Waals surface area contributed by atoms with Crippen LogP contribution in [0.4, 0.5) is 4.39 Å². The number of benzene rings is 1. The van der Waals surface area contributed by atoms with Gasteiger partial charge in [0, 0.05) is 5.56 Å². The summed E-state index contributed by atoms with van der Waals surface area (Å²) in [5.74, 6) is 0.456. The smallest absolute Gasteiger partial charge is 0.123 e. The van der Waals surface area contributed by atoms with Gasteiger partial charge in [-0.15, -0.1) is 0 Å². The lowest BCUT2D eigenvalue weighted by Gasteiger charge is -2.28. The normalized spacial score (nSPS) is 22.7. The Morgan fingerprint density at radius 1 is 1.45 bits per heavy atom. The Kier molecular flexibility index (Phi) is 5.49. The molecule has 2 N–H and O–H groups in total. The fourth-order valence-electron chi connectivity index (χ4n) is 2.88. The van der Waals surface area contributed by atoms with E-state index in [1.807, 2.05) is 0 Å². The van der Waals surface area contributed by atoms with Crippen molar-refractivity contribution in [2.45, 2.75) is 51.7 Å². The topological polar surface area (TPSA) is 35.2 Å². The molecule has 0 heterocycles. The highest BCUT2D eigenvalue weighted by Gasteiger charge is 2.21. The van der Waals surface area contributed by atoms with Crippen LogP contribution in [0.15, 0.2) is 18.2 Å². The molecule has 1 aromatic carbocycles. The molecule has 2 atom stereocenters. The maximum Gasteiger partial charge on any atom is 0.123 e. The quantitative estimate of drug-likeness (QED) is 0.836. The fourth-order valence-corrected chi connectivity index (χ4v) is 3.07. The molecule has 0 bridgehead atoms. The Morgan fingerprint density at radius 3 is 2.95 bits per heavy atom. The molecule has 1 fully saturated rings. The molecule has 2 rings (SSSR count). The molecule has 0 saturated heterocycles. The summed E-state index contributed by atoms with van der Waals surface area (Å²) >= 11 is 4.97. The van der Waals surface area contributed by atoms with Gasteiger partial charge in [-0.3, -0.25) is 0 Å². The Morgan fingerprint density at radius 2 is 2.25 bits per heavy atom. The molecule has 0 aromatic heterocycles. The van der Waals surface area contributed by atoms with E-state index in [1.165, 1.54) is 31.4 Å². The van der Waals surface area contributed by atoms with E-state index in [1.54, 1.807) is 6.07 Å². The van der Waals surface area contributed by atoms with Crippen LogP contribution in [0, 0.1) is 11.7 Å². The fraction of sp³-hybridized carbons (Fsp3) is 0.562. The molecule has 1 saturated carbocycles.